The number of aliphatic hydroxyl groups is 1. The van der Waals surface area contributed by atoms with Crippen molar-refractivity contribution >= 4 is 11.5 Å². The molecule has 2 atom stereocenters. The monoisotopic (exact) mass is 287 g/mol. The fourth-order valence-electron chi connectivity index (χ4n) is 2.64. The zero-order valence-electron chi connectivity index (χ0n) is 11.1. The summed E-state index contributed by atoms with van der Waals surface area (Å²) in [5.41, 5.74) is 0.677. The third-order valence-electron chi connectivity index (χ3n) is 3.67. The molecule has 2 unspecified atom stereocenters. The van der Waals surface area contributed by atoms with Crippen LogP contribution in [0.4, 0.5) is 5.69 Å². The Morgan fingerprint density at radius 1 is 1.33 bits per heavy atom. The number of allylic oxidation sites excluding steroid dienone is 1. The number of ether oxygens (including phenoxy) is 1. The van der Waals surface area contributed by atoms with E-state index in [1.165, 1.54) is 12.1 Å². The molecule has 0 saturated carbocycles. The van der Waals surface area contributed by atoms with E-state index >= 15 is 0 Å². The number of nitro groups is 1. The topological polar surface area (TPSA) is 89.7 Å². The van der Waals surface area contributed by atoms with Crippen molar-refractivity contribution in [2.75, 3.05) is 6.61 Å². The van der Waals surface area contributed by atoms with Crippen LogP contribution in [0.1, 0.15) is 17.9 Å². The van der Waals surface area contributed by atoms with E-state index in [2.05, 4.69) is 0 Å². The molecule has 1 aromatic carbocycles. The Morgan fingerprint density at radius 2 is 2.10 bits per heavy atom. The summed E-state index contributed by atoms with van der Waals surface area (Å²) in [6.45, 7) is 0.0413. The molecule has 6 heteroatoms. The maximum atomic E-state index is 12.5. The number of aliphatic hydroxyl groups excluding tert-OH is 1. The Morgan fingerprint density at radius 3 is 2.86 bits per heavy atom. The minimum atomic E-state index is -0.690. The minimum absolute atomic E-state index is 0.0413. The zero-order valence-corrected chi connectivity index (χ0v) is 11.1. The summed E-state index contributed by atoms with van der Waals surface area (Å²) in [5.74, 6) is -0.521. The van der Waals surface area contributed by atoms with Crippen molar-refractivity contribution in [2.45, 2.75) is 18.4 Å². The Balaban J connectivity index is 1.98. The second-order valence-electron chi connectivity index (χ2n) is 5.00. The van der Waals surface area contributed by atoms with Crippen LogP contribution in [0.25, 0.3) is 0 Å². The summed E-state index contributed by atoms with van der Waals surface area (Å²) in [4.78, 5) is 23.1. The van der Waals surface area contributed by atoms with Crippen LogP contribution in [0.2, 0.25) is 0 Å². The number of fused-ring (bicyclic) bond motifs is 1. The number of carbonyl (C=O) groups excluding carboxylic acids is 1. The van der Waals surface area contributed by atoms with Gasteiger partial charge in [-0.1, -0.05) is 24.3 Å². The Kier molecular flexibility index (Phi) is 3.31. The molecule has 1 heterocycles. The van der Waals surface area contributed by atoms with Crippen LogP contribution in [0.3, 0.4) is 0 Å². The van der Waals surface area contributed by atoms with Crippen LogP contribution in [0.5, 0.6) is 0 Å². The van der Waals surface area contributed by atoms with Gasteiger partial charge in [-0.25, -0.2) is 0 Å². The van der Waals surface area contributed by atoms with Gasteiger partial charge in [-0.2, -0.15) is 0 Å². The number of benzene rings is 1. The Hall–Kier alpha value is -2.47. The highest BCUT2D eigenvalue weighted by Crippen LogP contribution is 2.36. The highest BCUT2D eigenvalue weighted by Gasteiger charge is 2.37. The molecular formula is C15H13NO5. The van der Waals surface area contributed by atoms with E-state index in [-0.39, 0.29) is 18.1 Å². The first-order valence-corrected chi connectivity index (χ1v) is 6.58. The molecule has 0 amide bonds. The molecule has 1 aliphatic carbocycles. The Bertz CT molecular complexity index is 676. The molecule has 1 aliphatic heterocycles. The molecule has 0 spiro atoms. The molecule has 1 fully saturated rings. The maximum Gasteiger partial charge on any atom is 0.273 e. The molecular weight excluding hydrogens is 274 g/mol. The number of ketones is 1. The van der Waals surface area contributed by atoms with Gasteiger partial charge in [0.1, 0.15) is 12.4 Å². The number of hydrogen-bond donors (Lipinski definition) is 1. The van der Waals surface area contributed by atoms with Gasteiger partial charge in [-0.15, -0.1) is 0 Å². The van der Waals surface area contributed by atoms with Crippen molar-refractivity contribution in [2.24, 2.45) is 0 Å². The quantitative estimate of drug-likeness (QED) is 0.662. The van der Waals surface area contributed by atoms with Crippen LogP contribution >= 0.6 is 0 Å². The van der Waals surface area contributed by atoms with Gasteiger partial charge in [0.2, 0.25) is 0 Å². The molecule has 0 aromatic heterocycles. The van der Waals surface area contributed by atoms with E-state index < -0.39 is 16.9 Å². The number of nitro benzene ring substituents is 1. The van der Waals surface area contributed by atoms with E-state index in [0.29, 0.717) is 23.3 Å². The van der Waals surface area contributed by atoms with Crippen LogP contribution < -0.4 is 0 Å². The number of rotatable bonds is 2. The molecule has 0 bridgehead atoms. The maximum absolute atomic E-state index is 12.5. The van der Waals surface area contributed by atoms with E-state index in [1.54, 1.807) is 24.3 Å². The summed E-state index contributed by atoms with van der Waals surface area (Å²) >= 11 is 0. The fraction of sp³-hybridized carbons (Fsp3) is 0.267. The average molecular weight is 287 g/mol. The fourth-order valence-corrected chi connectivity index (χ4v) is 2.64. The van der Waals surface area contributed by atoms with E-state index in [4.69, 9.17) is 4.74 Å². The van der Waals surface area contributed by atoms with E-state index in [9.17, 15) is 20.0 Å². The smallest absolute Gasteiger partial charge is 0.273 e. The molecule has 2 aliphatic rings. The summed E-state index contributed by atoms with van der Waals surface area (Å²) in [6, 6.07) is 6.20. The number of carbonyl (C=O) groups is 1. The molecule has 1 aromatic rings. The molecule has 0 radical (unpaired) electrons. The summed E-state index contributed by atoms with van der Waals surface area (Å²) in [5, 5.41) is 20.6. The molecule has 108 valence electrons. The summed E-state index contributed by atoms with van der Waals surface area (Å²) < 4.78 is 5.51. The number of Topliss-reactive ketones (excluding diaryl/α,β-unsaturated/α-hetero) is 1. The van der Waals surface area contributed by atoms with Crippen molar-refractivity contribution in [3.63, 3.8) is 0 Å². The Labute approximate surface area is 120 Å². The first kappa shape index (κ1) is 13.5. The second-order valence-corrected chi connectivity index (χ2v) is 5.00. The SMILES string of the molecule is O=C1C2=CCC(O)C=C2OCC1c1ccccc1[N+](=O)[O-]. The van der Waals surface area contributed by atoms with Gasteiger partial charge in [0.05, 0.1) is 22.5 Å². The predicted molar refractivity (Wildman–Crippen MR) is 73.6 cm³/mol. The normalized spacial score (nSPS) is 24.5. The van der Waals surface area contributed by atoms with Crippen molar-refractivity contribution in [3.05, 3.63) is 63.4 Å². The van der Waals surface area contributed by atoms with Gasteiger partial charge in [-0.05, 0) is 12.5 Å². The van der Waals surface area contributed by atoms with Gasteiger partial charge >= 0.3 is 0 Å². The molecule has 1 saturated heterocycles. The number of para-hydroxylation sites is 1. The third kappa shape index (κ3) is 2.34. The van der Waals surface area contributed by atoms with Crippen LogP contribution in [0, 0.1) is 10.1 Å². The molecule has 21 heavy (non-hydrogen) atoms. The van der Waals surface area contributed by atoms with Gasteiger partial charge in [0.15, 0.2) is 5.78 Å². The van der Waals surface area contributed by atoms with Gasteiger partial charge in [-0.3, -0.25) is 14.9 Å². The van der Waals surface area contributed by atoms with Crippen molar-refractivity contribution in [1.29, 1.82) is 0 Å². The van der Waals surface area contributed by atoms with Crippen molar-refractivity contribution in [3.8, 4) is 0 Å². The lowest BCUT2D eigenvalue weighted by molar-refractivity contribution is -0.385. The lowest BCUT2D eigenvalue weighted by atomic mass is 9.85. The van der Waals surface area contributed by atoms with Gasteiger partial charge in [0.25, 0.3) is 5.69 Å². The van der Waals surface area contributed by atoms with Crippen molar-refractivity contribution in [1.82, 2.24) is 0 Å². The lowest BCUT2D eigenvalue weighted by Gasteiger charge is -2.28. The molecule has 1 N–H and O–H groups in total. The average Bonchev–Trinajstić information content (AvgIpc) is 2.47. The lowest BCUT2D eigenvalue weighted by Crippen LogP contribution is -2.30. The minimum Gasteiger partial charge on any atom is -0.492 e. The first-order valence-electron chi connectivity index (χ1n) is 6.58. The van der Waals surface area contributed by atoms with Gasteiger partial charge in [0, 0.05) is 11.6 Å². The van der Waals surface area contributed by atoms with Gasteiger partial charge < -0.3 is 9.84 Å². The van der Waals surface area contributed by atoms with Crippen molar-refractivity contribution < 1.29 is 19.6 Å². The number of hydrogen-bond acceptors (Lipinski definition) is 5. The molecule has 6 nitrogen and oxygen atoms in total. The zero-order chi connectivity index (χ0) is 15.0. The predicted octanol–water partition coefficient (Wildman–Crippen LogP) is 1.85. The van der Waals surface area contributed by atoms with Crippen LogP contribution in [-0.2, 0) is 9.53 Å². The largest absolute Gasteiger partial charge is 0.492 e. The summed E-state index contributed by atoms with van der Waals surface area (Å²) in [6.07, 6.45) is 2.82. The summed E-state index contributed by atoms with van der Waals surface area (Å²) in [7, 11) is 0. The highest BCUT2D eigenvalue weighted by atomic mass is 16.6. The second kappa shape index (κ2) is 5.14. The first-order chi connectivity index (χ1) is 10.1. The standard InChI is InChI=1S/C15H13NO5/c17-9-5-6-11-14(7-9)21-8-12(15(11)18)10-3-1-2-4-13(10)16(19)20/h1-4,6-7,9,12,17H,5,8H2. The third-order valence-corrected chi connectivity index (χ3v) is 3.67. The number of nitrogens with zero attached hydrogens (tertiary/aromatic N) is 1. The van der Waals surface area contributed by atoms with E-state index in [1.807, 2.05) is 0 Å². The highest BCUT2D eigenvalue weighted by molar-refractivity contribution is 6.05. The van der Waals surface area contributed by atoms with Crippen LogP contribution in [-0.4, -0.2) is 28.5 Å². The van der Waals surface area contributed by atoms with Crippen LogP contribution in [0.15, 0.2) is 47.7 Å². The van der Waals surface area contributed by atoms with E-state index in [0.717, 1.165) is 0 Å². The molecule has 3 rings (SSSR count).